The minimum absolute atomic E-state index is 0.0159. The lowest BCUT2D eigenvalue weighted by atomic mass is 10.0. The molecule has 0 radical (unpaired) electrons. The number of benzene rings is 2. The predicted octanol–water partition coefficient (Wildman–Crippen LogP) is 3.82. The van der Waals surface area contributed by atoms with Crippen molar-refractivity contribution in [2.45, 2.75) is 57.9 Å². The van der Waals surface area contributed by atoms with Gasteiger partial charge in [0.25, 0.3) is 5.91 Å². The highest BCUT2D eigenvalue weighted by Gasteiger charge is 2.16. The van der Waals surface area contributed by atoms with Gasteiger partial charge in [0.15, 0.2) is 12.4 Å². The van der Waals surface area contributed by atoms with Gasteiger partial charge in [-0.05, 0) is 61.8 Å². The van der Waals surface area contributed by atoms with E-state index in [1.807, 2.05) is 43.3 Å². The van der Waals surface area contributed by atoms with Crippen molar-refractivity contribution in [1.29, 1.82) is 0 Å². The fraction of sp³-hybridized carbons (Fsp3) is 0.400. The highest BCUT2D eigenvalue weighted by Crippen LogP contribution is 2.23. The van der Waals surface area contributed by atoms with Gasteiger partial charge in [-0.3, -0.25) is 14.4 Å². The maximum atomic E-state index is 12.3. The molecule has 5 heteroatoms. The largest absolute Gasteiger partial charge is 0.456 e. The van der Waals surface area contributed by atoms with Gasteiger partial charge in [-0.1, -0.05) is 42.5 Å². The third kappa shape index (κ3) is 6.55. The number of carbonyl (C=O) groups is 3. The van der Waals surface area contributed by atoms with E-state index in [4.69, 9.17) is 4.74 Å². The third-order valence-corrected chi connectivity index (χ3v) is 5.46. The van der Waals surface area contributed by atoms with E-state index in [0.717, 1.165) is 32.1 Å². The Labute approximate surface area is 177 Å². The summed E-state index contributed by atoms with van der Waals surface area (Å²) in [6.45, 7) is 1.61. The molecule has 0 aromatic heterocycles. The molecule has 5 nitrogen and oxygen atoms in total. The number of carbonyl (C=O) groups excluding carboxylic acids is 3. The molecular weight excluding hydrogens is 378 g/mol. The second-order valence-electron chi connectivity index (χ2n) is 7.91. The number of ketones is 1. The van der Waals surface area contributed by atoms with Crippen LogP contribution >= 0.6 is 0 Å². The molecule has 0 heterocycles. The highest BCUT2D eigenvalue weighted by molar-refractivity contribution is 5.98. The fourth-order valence-corrected chi connectivity index (χ4v) is 3.74. The van der Waals surface area contributed by atoms with E-state index in [9.17, 15) is 14.4 Å². The smallest absolute Gasteiger partial charge is 0.306 e. The number of nitrogens with one attached hydrogen (secondary N) is 1. The summed E-state index contributed by atoms with van der Waals surface area (Å²) >= 11 is 0. The molecule has 0 aliphatic heterocycles. The Kier molecular flexibility index (Phi) is 7.77. The molecule has 0 saturated heterocycles. The van der Waals surface area contributed by atoms with Crippen molar-refractivity contribution in [2.75, 3.05) is 6.61 Å². The summed E-state index contributed by atoms with van der Waals surface area (Å²) in [5.41, 5.74) is 4.42. The van der Waals surface area contributed by atoms with Gasteiger partial charge < -0.3 is 10.1 Å². The average molecular weight is 408 g/mol. The van der Waals surface area contributed by atoms with Gasteiger partial charge in [0, 0.05) is 18.0 Å². The Morgan fingerprint density at radius 2 is 1.77 bits per heavy atom. The number of fused-ring (bicyclic) bond motifs is 1. The topological polar surface area (TPSA) is 72.5 Å². The molecule has 1 atom stereocenters. The summed E-state index contributed by atoms with van der Waals surface area (Å²) < 4.78 is 5.02. The van der Waals surface area contributed by atoms with Crippen molar-refractivity contribution in [2.24, 2.45) is 0 Å². The van der Waals surface area contributed by atoms with Crippen LogP contribution in [0.2, 0.25) is 0 Å². The molecule has 1 N–H and O–H groups in total. The first-order valence-electron chi connectivity index (χ1n) is 10.6. The first-order valence-corrected chi connectivity index (χ1v) is 10.6. The molecule has 2 aromatic carbocycles. The zero-order valence-electron chi connectivity index (χ0n) is 17.5. The number of amides is 1. The van der Waals surface area contributed by atoms with Crippen LogP contribution in [0.3, 0.4) is 0 Å². The number of ether oxygens (including phenoxy) is 1. The minimum atomic E-state index is -0.531. The third-order valence-electron chi connectivity index (χ3n) is 5.46. The van der Waals surface area contributed by atoms with E-state index in [2.05, 4.69) is 17.4 Å². The molecule has 3 rings (SSSR count). The quantitative estimate of drug-likeness (QED) is 0.480. The average Bonchev–Trinajstić information content (AvgIpc) is 3.23. The molecule has 1 aliphatic carbocycles. The van der Waals surface area contributed by atoms with Crippen molar-refractivity contribution in [1.82, 2.24) is 5.32 Å². The van der Waals surface area contributed by atoms with Crippen LogP contribution in [0.5, 0.6) is 0 Å². The van der Waals surface area contributed by atoms with Gasteiger partial charge in [0.05, 0.1) is 6.42 Å². The fourth-order valence-electron chi connectivity index (χ4n) is 3.74. The number of hydrogen-bond donors (Lipinski definition) is 1. The van der Waals surface area contributed by atoms with E-state index in [0.29, 0.717) is 5.56 Å². The SMILES string of the molecule is C[C@H](CCc1ccccc1)NC(=O)COC(=O)CCC(=O)c1ccc2c(c1)CCC2. The molecule has 0 saturated carbocycles. The minimum Gasteiger partial charge on any atom is -0.456 e. The van der Waals surface area contributed by atoms with Crippen LogP contribution < -0.4 is 5.32 Å². The number of aryl methyl sites for hydroxylation is 3. The van der Waals surface area contributed by atoms with Gasteiger partial charge in [-0.25, -0.2) is 0 Å². The summed E-state index contributed by atoms with van der Waals surface area (Å²) in [6.07, 6.45) is 4.96. The summed E-state index contributed by atoms with van der Waals surface area (Å²) in [4.78, 5) is 36.2. The molecule has 30 heavy (non-hydrogen) atoms. The van der Waals surface area contributed by atoms with Crippen molar-refractivity contribution in [3.63, 3.8) is 0 Å². The van der Waals surface area contributed by atoms with Crippen molar-refractivity contribution < 1.29 is 19.1 Å². The van der Waals surface area contributed by atoms with Crippen LogP contribution in [0, 0.1) is 0 Å². The Bertz CT molecular complexity index is 891. The van der Waals surface area contributed by atoms with E-state index in [1.165, 1.54) is 16.7 Å². The number of esters is 1. The van der Waals surface area contributed by atoms with E-state index in [1.54, 1.807) is 0 Å². The highest BCUT2D eigenvalue weighted by atomic mass is 16.5. The Morgan fingerprint density at radius 3 is 2.57 bits per heavy atom. The first-order chi connectivity index (χ1) is 14.5. The van der Waals surface area contributed by atoms with Gasteiger partial charge >= 0.3 is 5.97 Å². The molecule has 158 valence electrons. The first kappa shape index (κ1) is 21.8. The van der Waals surface area contributed by atoms with E-state index < -0.39 is 5.97 Å². The van der Waals surface area contributed by atoms with Gasteiger partial charge in [-0.2, -0.15) is 0 Å². The number of Topliss-reactive ketones (excluding diaryl/α,β-unsaturated/α-hetero) is 1. The number of rotatable bonds is 10. The second-order valence-corrected chi connectivity index (χ2v) is 7.91. The Morgan fingerprint density at radius 1 is 1.00 bits per heavy atom. The van der Waals surface area contributed by atoms with Crippen LogP contribution in [0.1, 0.15) is 59.7 Å². The standard InChI is InChI=1S/C25H29NO4/c1-18(10-11-19-6-3-2-4-7-19)26-24(28)17-30-25(29)15-14-23(27)22-13-12-20-8-5-9-21(20)16-22/h2-4,6-7,12-13,16,18H,5,8-11,14-15,17H2,1H3,(H,26,28)/t18-/m1/s1. The normalized spacial score (nSPS) is 13.4. The maximum Gasteiger partial charge on any atom is 0.306 e. The van der Waals surface area contributed by atoms with Crippen molar-refractivity contribution in [3.05, 3.63) is 70.8 Å². The lowest BCUT2D eigenvalue weighted by Gasteiger charge is -2.14. The molecular formula is C25H29NO4. The molecule has 0 bridgehead atoms. The van der Waals surface area contributed by atoms with Gasteiger partial charge in [0.1, 0.15) is 0 Å². The van der Waals surface area contributed by atoms with Crippen LogP contribution in [-0.2, 0) is 33.6 Å². The molecule has 2 aromatic rings. The van der Waals surface area contributed by atoms with Gasteiger partial charge in [-0.15, -0.1) is 0 Å². The summed E-state index contributed by atoms with van der Waals surface area (Å²) in [5.74, 6) is -0.925. The lowest BCUT2D eigenvalue weighted by molar-refractivity contribution is -0.148. The Balaban J connectivity index is 1.32. The second kappa shape index (κ2) is 10.7. The number of hydrogen-bond acceptors (Lipinski definition) is 4. The molecule has 0 fully saturated rings. The zero-order chi connectivity index (χ0) is 21.3. The summed E-state index contributed by atoms with van der Waals surface area (Å²) in [5, 5.41) is 2.84. The summed E-state index contributed by atoms with van der Waals surface area (Å²) in [6, 6.07) is 15.8. The zero-order valence-corrected chi connectivity index (χ0v) is 17.5. The molecule has 1 amide bonds. The monoisotopic (exact) mass is 407 g/mol. The van der Waals surface area contributed by atoms with E-state index >= 15 is 0 Å². The van der Waals surface area contributed by atoms with E-state index in [-0.39, 0.29) is 37.2 Å². The van der Waals surface area contributed by atoms with Crippen LogP contribution in [-0.4, -0.2) is 30.3 Å². The Hall–Kier alpha value is -2.95. The predicted molar refractivity (Wildman–Crippen MR) is 115 cm³/mol. The molecule has 1 aliphatic rings. The molecule has 0 unspecified atom stereocenters. The lowest BCUT2D eigenvalue weighted by Crippen LogP contribution is -2.36. The van der Waals surface area contributed by atoms with Crippen LogP contribution in [0.15, 0.2) is 48.5 Å². The summed E-state index contributed by atoms with van der Waals surface area (Å²) in [7, 11) is 0. The van der Waals surface area contributed by atoms with Crippen LogP contribution in [0.4, 0.5) is 0 Å². The van der Waals surface area contributed by atoms with Crippen molar-refractivity contribution >= 4 is 17.7 Å². The van der Waals surface area contributed by atoms with Crippen molar-refractivity contribution in [3.8, 4) is 0 Å². The van der Waals surface area contributed by atoms with Gasteiger partial charge in [0.2, 0.25) is 0 Å². The maximum absolute atomic E-state index is 12.3. The van der Waals surface area contributed by atoms with Crippen LogP contribution in [0.25, 0.3) is 0 Å². The molecule has 0 spiro atoms.